The molecule has 1 aromatic heterocycles. The number of rotatable bonds is 1. The standard InChI is InChI=1S/C5H2NO3P/c7-6-1-2-3-4-5(9-2)10(3,4)8/h1,7H/b6-1+. The lowest BCUT2D eigenvalue weighted by Gasteiger charge is -1.73. The van der Waals surface area contributed by atoms with Crippen molar-refractivity contribution in [2.24, 2.45) is 5.16 Å². The molecule has 4 heterocycles. The van der Waals surface area contributed by atoms with Gasteiger partial charge in [-0.3, -0.25) is 0 Å². The molecule has 50 valence electrons. The summed E-state index contributed by atoms with van der Waals surface area (Å²) in [5.74, 6) is 0.468. The van der Waals surface area contributed by atoms with Crippen molar-refractivity contribution in [2.75, 3.05) is 0 Å². The average Bonchev–Trinajstić information content (AvgIpc) is 2.57. The van der Waals surface area contributed by atoms with Crippen LogP contribution in [0.25, 0.3) is 0 Å². The Morgan fingerprint density at radius 1 is 1.60 bits per heavy atom. The molecule has 0 aliphatic carbocycles. The van der Waals surface area contributed by atoms with E-state index in [4.69, 9.17) is 9.62 Å². The summed E-state index contributed by atoms with van der Waals surface area (Å²) in [6.07, 6.45) is 1.18. The first-order valence-electron chi connectivity index (χ1n) is 2.76. The van der Waals surface area contributed by atoms with Crippen molar-refractivity contribution in [2.45, 2.75) is 0 Å². The molecule has 0 radical (unpaired) electrons. The van der Waals surface area contributed by atoms with Crippen molar-refractivity contribution in [3.63, 3.8) is 0 Å². The Kier molecular flexibility index (Phi) is 0.462. The first kappa shape index (κ1) is 4.74. The minimum atomic E-state index is -2.09. The fraction of sp³-hybridized carbons (Fsp3) is 0. The zero-order valence-electron chi connectivity index (χ0n) is 4.74. The quantitative estimate of drug-likeness (QED) is 0.220. The van der Waals surface area contributed by atoms with Crippen LogP contribution < -0.4 is 16.1 Å². The average molecular weight is 155 g/mol. The molecule has 0 aromatic carbocycles. The Morgan fingerprint density at radius 3 is 2.70 bits per heavy atom. The van der Waals surface area contributed by atoms with Crippen molar-refractivity contribution in [3.05, 3.63) is 5.76 Å². The summed E-state index contributed by atoms with van der Waals surface area (Å²) in [5.41, 5.74) is 0.636. The monoisotopic (exact) mass is 155 g/mol. The summed E-state index contributed by atoms with van der Waals surface area (Å²) in [6, 6.07) is 0. The van der Waals surface area contributed by atoms with Gasteiger partial charge in [0.1, 0.15) is 6.21 Å². The molecule has 4 rings (SSSR count). The van der Waals surface area contributed by atoms with Crippen molar-refractivity contribution in [1.82, 2.24) is 0 Å². The summed E-state index contributed by atoms with van der Waals surface area (Å²) < 4.78 is 16.2. The highest BCUT2D eigenvalue weighted by atomic mass is 31.2. The van der Waals surface area contributed by atoms with Crippen molar-refractivity contribution in [1.29, 1.82) is 0 Å². The maximum atomic E-state index is 11.2. The first-order valence-corrected chi connectivity index (χ1v) is 4.47. The van der Waals surface area contributed by atoms with E-state index in [-0.39, 0.29) is 0 Å². The number of fused-ring (bicyclic) bond motifs is 1. The van der Waals surface area contributed by atoms with E-state index in [1.165, 1.54) is 6.21 Å². The Morgan fingerprint density at radius 2 is 2.30 bits per heavy atom. The number of hydrogen-bond donors (Lipinski definition) is 1. The van der Waals surface area contributed by atoms with Crippen LogP contribution in [0, 0.1) is 0 Å². The van der Waals surface area contributed by atoms with Crippen molar-refractivity contribution >= 4 is 29.5 Å². The number of furan rings is 1. The van der Waals surface area contributed by atoms with Crippen molar-refractivity contribution in [3.8, 4) is 0 Å². The highest BCUT2D eigenvalue weighted by Crippen LogP contribution is 2.68. The van der Waals surface area contributed by atoms with Gasteiger partial charge >= 0.3 is 0 Å². The van der Waals surface area contributed by atoms with E-state index >= 15 is 0 Å². The highest BCUT2D eigenvalue weighted by molar-refractivity contribution is 8.06. The lowest BCUT2D eigenvalue weighted by atomic mass is 10.5. The van der Waals surface area contributed by atoms with E-state index < -0.39 is 7.14 Å². The summed E-state index contributed by atoms with van der Waals surface area (Å²) in [4.78, 5) is 0. The Balaban J connectivity index is 2.27. The summed E-state index contributed by atoms with van der Waals surface area (Å²) in [6.45, 7) is 0. The molecule has 10 heavy (non-hydrogen) atoms. The largest absolute Gasteiger partial charge is 0.450 e. The van der Waals surface area contributed by atoms with Gasteiger partial charge in [0.05, 0.1) is 10.6 Å². The second-order valence-corrected chi connectivity index (χ2v) is 4.84. The Hall–Kier alpha value is -1.02. The van der Waals surface area contributed by atoms with Crippen LogP contribution in [0.2, 0.25) is 0 Å². The van der Waals surface area contributed by atoms with E-state index in [9.17, 15) is 4.57 Å². The third-order valence-electron chi connectivity index (χ3n) is 1.86. The molecule has 5 heteroatoms. The van der Waals surface area contributed by atoms with Gasteiger partial charge < -0.3 is 14.2 Å². The Bertz CT molecular complexity index is 408. The maximum Gasteiger partial charge on any atom is 0.214 e. The summed E-state index contributed by atoms with van der Waals surface area (Å²) in [5, 5.41) is 12.6. The minimum Gasteiger partial charge on any atom is -0.450 e. The predicted molar refractivity (Wildman–Crippen MR) is 34.6 cm³/mol. The summed E-state index contributed by atoms with van der Waals surface area (Å²) in [7, 11) is -2.09. The molecule has 1 atom stereocenters. The lowest BCUT2D eigenvalue weighted by Crippen LogP contribution is -1.97. The molecular formula is C5H2NO3P. The van der Waals surface area contributed by atoms with E-state index in [1.807, 2.05) is 0 Å². The molecule has 0 spiro atoms. The van der Waals surface area contributed by atoms with Gasteiger partial charge in [-0.1, -0.05) is 5.16 Å². The molecule has 3 aliphatic heterocycles. The molecule has 1 unspecified atom stereocenters. The number of hydrogen-bond acceptors (Lipinski definition) is 4. The molecule has 3 aliphatic rings. The fourth-order valence-electron chi connectivity index (χ4n) is 1.27. The van der Waals surface area contributed by atoms with E-state index in [0.717, 1.165) is 10.6 Å². The zero-order chi connectivity index (χ0) is 6.93. The topological polar surface area (TPSA) is 62.8 Å². The van der Waals surface area contributed by atoms with Crippen LogP contribution in [0.3, 0.4) is 0 Å². The predicted octanol–water partition coefficient (Wildman–Crippen LogP) is -0.646. The molecule has 0 amide bonds. The van der Waals surface area contributed by atoms with Crippen LogP contribution in [0.15, 0.2) is 9.57 Å². The third-order valence-corrected chi connectivity index (χ3v) is 4.43. The van der Waals surface area contributed by atoms with E-state index in [1.54, 1.807) is 0 Å². The second kappa shape index (κ2) is 0.974. The Labute approximate surface area is 55.5 Å². The number of nitrogens with zero attached hydrogens (tertiary/aromatic N) is 1. The second-order valence-electron chi connectivity index (χ2n) is 2.32. The SMILES string of the molecule is O=P12c3oc(/C=N/O)c1c32. The third kappa shape index (κ3) is 0.244. The van der Waals surface area contributed by atoms with E-state index in [2.05, 4.69) is 5.16 Å². The van der Waals surface area contributed by atoms with Crippen molar-refractivity contribution < 1.29 is 14.2 Å². The molecule has 1 N–H and O–H groups in total. The minimum absolute atomic E-state index is 0.468. The summed E-state index contributed by atoms with van der Waals surface area (Å²) >= 11 is 0. The van der Waals surface area contributed by atoms with Crippen LogP contribution in [0.5, 0.6) is 0 Å². The van der Waals surface area contributed by atoms with Gasteiger partial charge in [-0.05, 0) is 0 Å². The van der Waals surface area contributed by atoms with Gasteiger partial charge in [-0.2, -0.15) is 0 Å². The zero-order valence-corrected chi connectivity index (χ0v) is 5.63. The van der Waals surface area contributed by atoms with Gasteiger partial charge in [0.15, 0.2) is 11.3 Å². The molecule has 0 saturated carbocycles. The van der Waals surface area contributed by atoms with Gasteiger partial charge in [0, 0.05) is 0 Å². The van der Waals surface area contributed by atoms with Gasteiger partial charge in [0.25, 0.3) is 0 Å². The molecular weight excluding hydrogens is 153 g/mol. The fourth-order valence-corrected chi connectivity index (χ4v) is 3.74. The molecule has 2 bridgehead atoms. The van der Waals surface area contributed by atoms with Gasteiger partial charge in [0.2, 0.25) is 7.14 Å². The smallest absolute Gasteiger partial charge is 0.214 e. The molecule has 1 aromatic rings. The van der Waals surface area contributed by atoms with Gasteiger partial charge in [-0.25, -0.2) is 0 Å². The number of oxime groups is 1. The molecule has 0 saturated heterocycles. The van der Waals surface area contributed by atoms with Crippen LogP contribution >= 0.6 is 7.14 Å². The molecule has 4 nitrogen and oxygen atoms in total. The first-order chi connectivity index (χ1) is 4.80. The van der Waals surface area contributed by atoms with Crippen LogP contribution in [0.1, 0.15) is 5.76 Å². The highest BCUT2D eigenvalue weighted by Gasteiger charge is 2.74. The van der Waals surface area contributed by atoms with Crippen LogP contribution in [0.4, 0.5) is 0 Å². The molecule has 0 fully saturated rings. The van der Waals surface area contributed by atoms with Gasteiger partial charge in [-0.15, -0.1) is 0 Å². The van der Waals surface area contributed by atoms with Crippen LogP contribution in [-0.2, 0) is 4.57 Å². The lowest BCUT2D eigenvalue weighted by molar-refractivity contribution is 0.321. The maximum absolute atomic E-state index is 11.2. The normalized spacial score (nSPS) is 30.8. The van der Waals surface area contributed by atoms with E-state index in [0.29, 0.717) is 11.3 Å². The van der Waals surface area contributed by atoms with Crippen LogP contribution in [-0.4, -0.2) is 11.4 Å².